The molecule has 3 heterocycles. The van der Waals surface area contributed by atoms with Crippen LogP contribution in [0, 0.1) is 6.92 Å². The summed E-state index contributed by atoms with van der Waals surface area (Å²) >= 11 is 0. The van der Waals surface area contributed by atoms with Crippen LogP contribution in [0.1, 0.15) is 35.2 Å². The van der Waals surface area contributed by atoms with Gasteiger partial charge in [0.05, 0.1) is 22.4 Å². The Balaban J connectivity index is 0.972. The molecule has 1 unspecified atom stereocenters. The predicted octanol–water partition coefficient (Wildman–Crippen LogP) is 13.9. The van der Waals surface area contributed by atoms with Gasteiger partial charge in [0.15, 0.2) is 0 Å². The molecule has 1 atom stereocenters. The lowest BCUT2D eigenvalue weighted by molar-refractivity contribution is 0.967. The van der Waals surface area contributed by atoms with Gasteiger partial charge in [0.2, 0.25) is 0 Å². The molecule has 296 valence electrons. The van der Waals surface area contributed by atoms with Crippen LogP contribution in [0.15, 0.2) is 212 Å². The van der Waals surface area contributed by atoms with E-state index in [2.05, 4.69) is 177 Å². The molecule has 7 aromatic carbocycles. The highest BCUT2D eigenvalue weighted by Crippen LogP contribution is 2.35. The molecule has 10 aromatic rings. The lowest BCUT2D eigenvalue weighted by Gasteiger charge is -2.14. The maximum atomic E-state index is 6.91. The van der Waals surface area contributed by atoms with Crippen molar-refractivity contribution in [2.75, 3.05) is 0 Å². The molecule has 0 saturated carbocycles. The normalized spacial score (nSPS) is 12.5. The molecular formula is C57H43N5. The van der Waals surface area contributed by atoms with Crippen LogP contribution in [-0.2, 0) is 0 Å². The van der Waals surface area contributed by atoms with E-state index in [0.717, 1.165) is 83.2 Å². The number of nitrogens with two attached hydrogens (primary N) is 1. The van der Waals surface area contributed by atoms with Crippen molar-refractivity contribution in [2.45, 2.75) is 19.8 Å². The third-order valence-electron chi connectivity index (χ3n) is 11.6. The number of hydrogen-bond donors (Lipinski definition) is 1. The number of fused-ring (bicyclic) bond motifs is 4. The van der Waals surface area contributed by atoms with Crippen LogP contribution in [0.3, 0.4) is 0 Å². The molecular weight excluding hydrogens is 755 g/mol. The number of benzene rings is 7. The van der Waals surface area contributed by atoms with Crippen LogP contribution in [0.2, 0.25) is 0 Å². The number of aliphatic imine (C=N–C) groups is 1. The summed E-state index contributed by atoms with van der Waals surface area (Å²) in [4.78, 5) is 19.7. The summed E-state index contributed by atoms with van der Waals surface area (Å²) in [6, 6.07) is 65.5. The maximum Gasteiger partial charge on any atom is 0.131 e. The number of rotatable bonds is 9. The molecule has 62 heavy (non-hydrogen) atoms. The number of aryl methyl sites for hydroxylation is 1. The molecule has 0 spiro atoms. The van der Waals surface area contributed by atoms with Crippen LogP contribution in [0.25, 0.3) is 82.9 Å². The third-order valence-corrected chi connectivity index (χ3v) is 11.6. The van der Waals surface area contributed by atoms with Crippen LogP contribution in [0.5, 0.6) is 0 Å². The second kappa shape index (κ2) is 16.6. The summed E-state index contributed by atoms with van der Waals surface area (Å²) in [6.07, 6.45) is 5.98. The molecule has 3 aromatic heterocycles. The number of hydrogen-bond acceptors (Lipinski definition) is 4. The molecule has 5 heteroatoms. The van der Waals surface area contributed by atoms with E-state index in [1.807, 2.05) is 48.8 Å². The first-order valence-electron chi connectivity index (χ1n) is 21.0. The van der Waals surface area contributed by atoms with E-state index in [0.29, 0.717) is 5.84 Å². The first-order chi connectivity index (χ1) is 30.4. The van der Waals surface area contributed by atoms with Gasteiger partial charge >= 0.3 is 0 Å². The SMILES string of the molecule is Cc1cc(-c2ccccc2)c2ccc3ccc(-c4cccc(-c5cccc(C(N)=N/C(=C\C(C)c6cccc(-c7cccc8cnccc78)c6)c6ccccc6)c5)c4)nc3c2n1. The van der Waals surface area contributed by atoms with Gasteiger partial charge in [-0.1, -0.05) is 171 Å². The summed E-state index contributed by atoms with van der Waals surface area (Å²) in [5.41, 5.74) is 22.2. The minimum Gasteiger partial charge on any atom is -0.383 e. The van der Waals surface area contributed by atoms with Crippen LogP contribution in [0.4, 0.5) is 0 Å². The van der Waals surface area contributed by atoms with Gasteiger partial charge in [0.25, 0.3) is 0 Å². The highest BCUT2D eigenvalue weighted by Gasteiger charge is 2.14. The molecule has 0 amide bonds. The first kappa shape index (κ1) is 38.2. The van der Waals surface area contributed by atoms with Gasteiger partial charge in [0.1, 0.15) is 5.84 Å². The van der Waals surface area contributed by atoms with Crippen molar-refractivity contribution in [3.8, 4) is 44.6 Å². The number of nitrogens with zero attached hydrogens (tertiary/aromatic N) is 4. The second-order valence-electron chi connectivity index (χ2n) is 15.8. The molecule has 0 saturated heterocycles. The Hall–Kier alpha value is -8.02. The summed E-state index contributed by atoms with van der Waals surface area (Å²) in [7, 11) is 0. The predicted molar refractivity (Wildman–Crippen MR) is 259 cm³/mol. The molecule has 0 bridgehead atoms. The molecule has 10 rings (SSSR count). The van der Waals surface area contributed by atoms with E-state index < -0.39 is 0 Å². The Morgan fingerprint density at radius 3 is 2.08 bits per heavy atom. The largest absolute Gasteiger partial charge is 0.383 e. The molecule has 0 fully saturated rings. The summed E-state index contributed by atoms with van der Waals surface area (Å²) < 4.78 is 0. The molecule has 2 N–H and O–H groups in total. The van der Waals surface area contributed by atoms with Crippen molar-refractivity contribution in [3.63, 3.8) is 0 Å². The van der Waals surface area contributed by atoms with E-state index in [1.54, 1.807) is 0 Å². The fourth-order valence-corrected chi connectivity index (χ4v) is 8.43. The Labute approximate surface area is 361 Å². The van der Waals surface area contributed by atoms with Crippen molar-refractivity contribution < 1.29 is 0 Å². The fourth-order valence-electron chi connectivity index (χ4n) is 8.43. The fraction of sp³-hybridized carbons (Fsp3) is 0.0526. The topological polar surface area (TPSA) is 77.0 Å². The number of amidine groups is 1. The Kier molecular flexibility index (Phi) is 10.2. The van der Waals surface area contributed by atoms with Crippen LogP contribution in [-0.4, -0.2) is 20.8 Å². The zero-order valence-electron chi connectivity index (χ0n) is 34.6. The Bertz CT molecular complexity index is 3330. The molecule has 0 aliphatic rings. The van der Waals surface area contributed by atoms with Crippen molar-refractivity contribution in [3.05, 3.63) is 229 Å². The van der Waals surface area contributed by atoms with Crippen molar-refractivity contribution in [2.24, 2.45) is 10.7 Å². The minimum absolute atomic E-state index is 0.0554. The molecule has 5 nitrogen and oxygen atoms in total. The van der Waals surface area contributed by atoms with Gasteiger partial charge in [-0.05, 0) is 87.1 Å². The monoisotopic (exact) mass is 797 g/mol. The lowest BCUT2D eigenvalue weighted by atomic mass is 9.93. The van der Waals surface area contributed by atoms with Crippen molar-refractivity contribution in [1.29, 1.82) is 0 Å². The van der Waals surface area contributed by atoms with Crippen molar-refractivity contribution in [1.82, 2.24) is 15.0 Å². The first-order valence-corrected chi connectivity index (χ1v) is 21.0. The summed E-state index contributed by atoms with van der Waals surface area (Å²) in [6.45, 7) is 4.26. The average molecular weight is 798 g/mol. The minimum atomic E-state index is 0.0554. The molecule has 0 aliphatic carbocycles. The Morgan fingerprint density at radius 1 is 0.532 bits per heavy atom. The smallest absolute Gasteiger partial charge is 0.131 e. The number of allylic oxidation sites excluding steroid dienone is 1. The second-order valence-corrected chi connectivity index (χ2v) is 15.8. The zero-order chi connectivity index (χ0) is 42.0. The van der Waals surface area contributed by atoms with Gasteiger partial charge < -0.3 is 5.73 Å². The number of aromatic nitrogens is 3. The van der Waals surface area contributed by atoms with Gasteiger partial charge in [-0.2, -0.15) is 0 Å². The highest BCUT2D eigenvalue weighted by atomic mass is 14.9. The summed E-state index contributed by atoms with van der Waals surface area (Å²) in [5.74, 6) is 0.504. The van der Waals surface area contributed by atoms with Crippen LogP contribution < -0.4 is 5.73 Å². The van der Waals surface area contributed by atoms with E-state index in [9.17, 15) is 0 Å². The highest BCUT2D eigenvalue weighted by molar-refractivity contribution is 6.09. The van der Waals surface area contributed by atoms with E-state index >= 15 is 0 Å². The van der Waals surface area contributed by atoms with E-state index in [4.69, 9.17) is 20.7 Å². The van der Waals surface area contributed by atoms with Gasteiger partial charge in [0, 0.05) is 51.3 Å². The molecule has 0 aliphatic heterocycles. The van der Waals surface area contributed by atoms with E-state index in [1.165, 1.54) is 22.1 Å². The quantitative estimate of drug-likeness (QED) is 0.0896. The lowest BCUT2D eigenvalue weighted by Crippen LogP contribution is -2.13. The van der Waals surface area contributed by atoms with Gasteiger partial charge in [-0.25, -0.2) is 9.98 Å². The maximum absolute atomic E-state index is 6.91. The zero-order valence-corrected chi connectivity index (χ0v) is 34.6. The molecule has 0 radical (unpaired) electrons. The summed E-state index contributed by atoms with van der Waals surface area (Å²) in [5, 5.41) is 4.46. The standard InChI is InChI=1S/C57H43N5/c1-37(42-17-9-20-45(33-42)49-24-12-23-48-36-59-30-29-50(48)49)31-54(40-15-7-4-8-16-40)62-57(58)47-22-11-19-44(35-47)43-18-10-21-46(34-43)53-28-26-41-25-27-51-52(39-13-5-3-6-14-39)32-38(2)60-56(51)55(41)61-53/h3-37H,1-2H3,(H2,58,62)/b54-31-. The third kappa shape index (κ3) is 7.64. The van der Waals surface area contributed by atoms with Crippen LogP contribution >= 0.6 is 0 Å². The average Bonchev–Trinajstić information content (AvgIpc) is 3.33. The van der Waals surface area contributed by atoms with E-state index in [-0.39, 0.29) is 5.92 Å². The number of pyridine rings is 3. The van der Waals surface area contributed by atoms with Gasteiger partial charge in [-0.3, -0.25) is 9.97 Å². The van der Waals surface area contributed by atoms with Crippen molar-refractivity contribution >= 4 is 44.1 Å². The Morgan fingerprint density at radius 2 is 1.23 bits per heavy atom. The van der Waals surface area contributed by atoms with Gasteiger partial charge in [-0.15, -0.1) is 0 Å².